The standard InChI is InChI=1S/C17H20N4O5/c1-4-6-7-11-19-12(26-20-11)8-21-9-18-15-14(16(21)22)13(10(3)25-15)17(23)24-5-2/h9H,4-8H2,1-3H3. The Balaban J connectivity index is 1.96. The minimum Gasteiger partial charge on any atom is -0.462 e. The summed E-state index contributed by atoms with van der Waals surface area (Å²) in [6.45, 7) is 5.62. The molecule has 0 amide bonds. The van der Waals surface area contributed by atoms with Gasteiger partial charge in [-0.05, 0) is 20.3 Å². The number of furan rings is 1. The van der Waals surface area contributed by atoms with Gasteiger partial charge < -0.3 is 13.7 Å². The number of fused-ring (bicyclic) bond motifs is 1. The summed E-state index contributed by atoms with van der Waals surface area (Å²) in [5.41, 5.74) is -0.230. The van der Waals surface area contributed by atoms with Crippen molar-refractivity contribution in [3.63, 3.8) is 0 Å². The van der Waals surface area contributed by atoms with Gasteiger partial charge in [0.15, 0.2) is 5.82 Å². The maximum atomic E-state index is 12.8. The molecule has 0 aromatic carbocycles. The third-order valence-corrected chi connectivity index (χ3v) is 3.90. The Bertz CT molecular complexity index is 985. The molecule has 0 bridgehead atoms. The summed E-state index contributed by atoms with van der Waals surface area (Å²) >= 11 is 0. The van der Waals surface area contributed by atoms with E-state index < -0.39 is 11.5 Å². The van der Waals surface area contributed by atoms with E-state index in [1.165, 1.54) is 10.9 Å². The van der Waals surface area contributed by atoms with Crippen molar-refractivity contribution in [2.75, 3.05) is 6.61 Å². The average molecular weight is 360 g/mol. The predicted molar refractivity (Wildman–Crippen MR) is 91.0 cm³/mol. The molecule has 0 fully saturated rings. The Morgan fingerprint density at radius 2 is 2.15 bits per heavy atom. The Morgan fingerprint density at radius 1 is 1.35 bits per heavy atom. The second-order valence-corrected chi connectivity index (χ2v) is 5.82. The summed E-state index contributed by atoms with van der Waals surface area (Å²) in [6, 6.07) is 0. The zero-order valence-electron chi connectivity index (χ0n) is 14.9. The normalized spacial score (nSPS) is 11.2. The summed E-state index contributed by atoms with van der Waals surface area (Å²) in [5.74, 6) is 0.591. The fourth-order valence-corrected chi connectivity index (χ4v) is 2.64. The number of ether oxygens (including phenoxy) is 1. The lowest BCUT2D eigenvalue weighted by Gasteiger charge is -2.02. The van der Waals surface area contributed by atoms with E-state index in [9.17, 15) is 9.59 Å². The summed E-state index contributed by atoms with van der Waals surface area (Å²) in [6.07, 6.45) is 4.04. The number of carbonyl (C=O) groups excluding carboxylic acids is 1. The molecular weight excluding hydrogens is 340 g/mol. The van der Waals surface area contributed by atoms with E-state index in [1.807, 2.05) is 0 Å². The smallest absolute Gasteiger partial charge is 0.342 e. The molecule has 0 aliphatic rings. The van der Waals surface area contributed by atoms with Crippen LogP contribution in [0.25, 0.3) is 11.1 Å². The predicted octanol–water partition coefficient (Wildman–Crippen LogP) is 2.25. The molecule has 0 spiro atoms. The first kappa shape index (κ1) is 17.8. The largest absolute Gasteiger partial charge is 0.462 e. The molecule has 0 saturated carbocycles. The number of aryl methyl sites for hydroxylation is 2. The van der Waals surface area contributed by atoms with Gasteiger partial charge in [-0.25, -0.2) is 9.78 Å². The van der Waals surface area contributed by atoms with Gasteiger partial charge in [-0.3, -0.25) is 9.36 Å². The van der Waals surface area contributed by atoms with Crippen molar-refractivity contribution in [3.05, 3.63) is 39.7 Å². The first-order valence-electron chi connectivity index (χ1n) is 8.52. The number of hydrogen-bond acceptors (Lipinski definition) is 8. The second kappa shape index (κ2) is 7.51. The zero-order chi connectivity index (χ0) is 18.7. The summed E-state index contributed by atoms with van der Waals surface area (Å²) in [7, 11) is 0. The van der Waals surface area contributed by atoms with Crippen LogP contribution in [-0.2, 0) is 17.7 Å². The van der Waals surface area contributed by atoms with E-state index >= 15 is 0 Å². The van der Waals surface area contributed by atoms with Gasteiger partial charge in [-0.2, -0.15) is 4.98 Å². The number of hydrogen-bond donors (Lipinski definition) is 0. The van der Waals surface area contributed by atoms with Crippen LogP contribution in [0.4, 0.5) is 0 Å². The van der Waals surface area contributed by atoms with Crippen molar-refractivity contribution in [3.8, 4) is 0 Å². The fourth-order valence-electron chi connectivity index (χ4n) is 2.64. The first-order chi connectivity index (χ1) is 12.5. The highest BCUT2D eigenvalue weighted by Crippen LogP contribution is 2.21. The third-order valence-electron chi connectivity index (χ3n) is 3.90. The van der Waals surface area contributed by atoms with Gasteiger partial charge in [0.1, 0.15) is 29.6 Å². The van der Waals surface area contributed by atoms with Crippen LogP contribution in [0.5, 0.6) is 0 Å². The van der Waals surface area contributed by atoms with Crippen LogP contribution in [0.1, 0.15) is 54.5 Å². The van der Waals surface area contributed by atoms with E-state index in [-0.39, 0.29) is 29.8 Å². The van der Waals surface area contributed by atoms with Crippen molar-refractivity contribution >= 4 is 17.1 Å². The van der Waals surface area contributed by atoms with E-state index in [2.05, 4.69) is 22.0 Å². The third kappa shape index (κ3) is 3.37. The van der Waals surface area contributed by atoms with Crippen molar-refractivity contribution in [2.45, 2.75) is 46.6 Å². The maximum Gasteiger partial charge on any atom is 0.342 e. The summed E-state index contributed by atoms with van der Waals surface area (Å²) < 4.78 is 16.9. The highest BCUT2D eigenvalue weighted by Gasteiger charge is 2.24. The second-order valence-electron chi connectivity index (χ2n) is 5.82. The summed E-state index contributed by atoms with van der Waals surface area (Å²) in [5, 5.41) is 3.99. The molecular formula is C17H20N4O5. The van der Waals surface area contributed by atoms with Crippen LogP contribution in [0.15, 0.2) is 20.1 Å². The Labute approximate surface area is 149 Å². The highest BCUT2D eigenvalue weighted by molar-refractivity contribution is 6.03. The summed E-state index contributed by atoms with van der Waals surface area (Å²) in [4.78, 5) is 33.4. The molecule has 3 aromatic rings. The van der Waals surface area contributed by atoms with E-state index in [0.717, 1.165) is 19.3 Å². The van der Waals surface area contributed by atoms with Gasteiger partial charge in [-0.15, -0.1) is 0 Å². The van der Waals surface area contributed by atoms with Crippen molar-refractivity contribution in [1.82, 2.24) is 19.7 Å². The molecule has 0 aliphatic carbocycles. The molecule has 3 aromatic heterocycles. The molecule has 0 atom stereocenters. The van der Waals surface area contributed by atoms with E-state index in [4.69, 9.17) is 13.7 Å². The van der Waals surface area contributed by atoms with Gasteiger partial charge in [0, 0.05) is 6.42 Å². The van der Waals surface area contributed by atoms with Gasteiger partial charge in [0.2, 0.25) is 11.6 Å². The lowest BCUT2D eigenvalue weighted by Crippen LogP contribution is -2.22. The molecule has 9 heteroatoms. The van der Waals surface area contributed by atoms with Gasteiger partial charge >= 0.3 is 5.97 Å². The minimum atomic E-state index is -0.611. The van der Waals surface area contributed by atoms with Crippen molar-refractivity contribution < 1.29 is 18.5 Å². The van der Waals surface area contributed by atoms with Crippen LogP contribution in [0.2, 0.25) is 0 Å². The molecule has 9 nitrogen and oxygen atoms in total. The highest BCUT2D eigenvalue weighted by atomic mass is 16.5. The molecule has 0 saturated heterocycles. The monoisotopic (exact) mass is 360 g/mol. The molecule has 0 unspecified atom stereocenters. The van der Waals surface area contributed by atoms with Crippen LogP contribution in [-0.4, -0.2) is 32.3 Å². The fraction of sp³-hybridized carbons (Fsp3) is 0.471. The quantitative estimate of drug-likeness (QED) is 0.590. The molecule has 0 N–H and O–H groups in total. The van der Waals surface area contributed by atoms with Gasteiger partial charge in [0.05, 0.1) is 6.61 Å². The van der Waals surface area contributed by atoms with Gasteiger partial charge in [0.25, 0.3) is 5.56 Å². The first-order valence-corrected chi connectivity index (χ1v) is 8.52. The van der Waals surface area contributed by atoms with Crippen molar-refractivity contribution in [2.24, 2.45) is 0 Å². The minimum absolute atomic E-state index is 0.0629. The molecule has 0 radical (unpaired) electrons. The Kier molecular flexibility index (Phi) is 5.15. The Morgan fingerprint density at radius 3 is 2.88 bits per heavy atom. The zero-order valence-corrected chi connectivity index (χ0v) is 14.9. The number of esters is 1. The molecule has 138 valence electrons. The average Bonchev–Trinajstić information content (AvgIpc) is 3.19. The lowest BCUT2D eigenvalue weighted by molar-refractivity contribution is 0.0526. The number of rotatable bonds is 7. The molecule has 3 rings (SSSR count). The lowest BCUT2D eigenvalue weighted by atomic mass is 10.2. The van der Waals surface area contributed by atoms with Crippen LogP contribution in [0, 0.1) is 6.92 Å². The molecule has 26 heavy (non-hydrogen) atoms. The van der Waals surface area contributed by atoms with Crippen LogP contribution < -0.4 is 5.56 Å². The van der Waals surface area contributed by atoms with E-state index in [0.29, 0.717) is 17.5 Å². The molecule has 0 aliphatic heterocycles. The van der Waals surface area contributed by atoms with Crippen LogP contribution >= 0.6 is 0 Å². The Hall–Kier alpha value is -2.97. The SMILES string of the molecule is CCCCc1noc(Cn2cnc3oc(C)c(C(=O)OCC)c3c2=O)n1. The van der Waals surface area contributed by atoms with Gasteiger partial charge in [-0.1, -0.05) is 18.5 Å². The van der Waals surface area contributed by atoms with Crippen LogP contribution in [0.3, 0.4) is 0 Å². The number of unbranched alkanes of at least 4 members (excludes halogenated alkanes) is 1. The number of nitrogens with zero attached hydrogens (tertiary/aromatic N) is 4. The topological polar surface area (TPSA) is 113 Å². The molecule has 3 heterocycles. The number of carbonyl (C=O) groups is 1. The van der Waals surface area contributed by atoms with Crippen molar-refractivity contribution in [1.29, 1.82) is 0 Å². The van der Waals surface area contributed by atoms with E-state index in [1.54, 1.807) is 13.8 Å². The number of aromatic nitrogens is 4. The maximum absolute atomic E-state index is 12.8.